The van der Waals surface area contributed by atoms with Crippen LogP contribution in [0.25, 0.3) is 0 Å². The van der Waals surface area contributed by atoms with E-state index < -0.39 is 35.3 Å². The van der Waals surface area contributed by atoms with E-state index in [1.165, 1.54) is 12.1 Å². The number of aliphatic hydroxyl groups is 2. The monoisotopic (exact) mass is 606 g/mol. The Morgan fingerprint density at radius 3 is 2.56 bits per heavy atom. The first-order valence-electron chi connectivity index (χ1n) is 14.3. The number of Topliss-reactive ketones (excluding diaryl/α,β-unsaturated/α-hetero) is 1. The van der Waals surface area contributed by atoms with E-state index in [4.69, 9.17) is 23.2 Å². The van der Waals surface area contributed by atoms with Crippen LogP contribution in [0.15, 0.2) is 36.4 Å². The minimum absolute atomic E-state index is 0.0816. The fourth-order valence-corrected chi connectivity index (χ4v) is 7.88. The van der Waals surface area contributed by atoms with Crippen molar-refractivity contribution >= 4 is 40.6 Å². The minimum Gasteiger partial charge on any atom is -0.394 e. The number of anilines is 1. The number of likely N-dealkylation sites (N-methyl/N-ethyl adjacent to an activating group) is 1. The molecule has 0 unspecified atom stereocenters. The summed E-state index contributed by atoms with van der Waals surface area (Å²) in [6, 6.07) is 8.86. The van der Waals surface area contributed by atoms with E-state index in [9.17, 15) is 19.8 Å². The molecule has 41 heavy (non-hydrogen) atoms. The second-order valence-electron chi connectivity index (χ2n) is 13.0. The Kier molecular flexibility index (Phi) is 9.56. The van der Waals surface area contributed by atoms with Gasteiger partial charge in [-0.15, -0.1) is 0 Å². The second-order valence-corrected chi connectivity index (χ2v) is 13.8. The van der Waals surface area contributed by atoms with Crippen molar-refractivity contribution in [2.45, 2.75) is 89.3 Å². The molecule has 2 aliphatic heterocycles. The van der Waals surface area contributed by atoms with Crippen molar-refractivity contribution < 1.29 is 24.2 Å². The Morgan fingerprint density at radius 2 is 1.93 bits per heavy atom. The predicted molar refractivity (Wildman–Crippen MR) is 161 cm³/mol. The second kappa shape index (κ2) is 12.3. The summed E-state index contributed by atoms with van der Waals surface area (Å²) in [6.07, 6.45) is 1.41. The average molecular weight is 608 g/mol. The van der Waals surface area contributed by atoms with Gasteiger partial charge in [0.05, 0.1) is 23.8 Å². The molecule has 4 rings (SSSR count). The third-order valence-electron chi connectivity index (χ3n) is 8.81. The van der Waals surface area contributed by atoms with E-state index in [1.54, 1.807) is 18.2 Å². The molecule has 2 aliphatic rings. The van der Waals surface area contributed by atoms with Gasteiger partial charge in [-0.1, -0.05) is 63.0 Å². The van der Waals surface area contributed by atoms with Gasteiger partial charge in [0.2, 0.25) is 5.91 Å². The van der Waals surface area contributed by atoms with Crippen molar-refractivity contribution in [3.63, 3.8) is 0 Å². The van der Waals surface area contributed by atoms with Gasteiger partial charge in [0.1, 0.15) is 11.2 Å². The lowest BCUT2D eigenvalue weighted by Crippen LogP contribution is -2.50. The number of amides is 1. The Balaban J connectivity index is 1.94. The average Bonchev–Trinajstić information content (AvgIpc) is 3.29. The van der Waals surface area contributed by atoms with Crippen LogP contribution in [0.4, 0.5) is 10.1 Å². The lowest BCUT2D eigenvalue weighted by molar-refractivity contribution is -0.124. The topological polar surface area (TPSA) is 89.9 Å². The van der Waals surface area contributed by atoms with Gasteiger partial charge in [0.15, 0.2) is 5.78 Å². The first kappa shape index (κ1) is 31.9. The van der Waals surface area contributed by atoms with Crippen LogP contribution in [-0.4, -0.2) is 58.6 Å². The maximum absolute atomic E-state index is 15.2. The van der Waals surface area contributed by atoms with E-state index in [2.05, 4.69) is 33.0 Å². The Morgan fingerprint density at radius 1 is 1.22 bits per heavy atom. The first-order chi connectivity index (χ1) is 19.2. The molecule has 0 aliphatic carbocycles. The predicted octanol–water partition coefficient (Wildman–Crippen LogP) is 6.34. The molecular weight excluding hydrogens is 566 g/mol. The standard InChI is InChI=1S/C32H41Cl2FN2O4/c1-18(2)15-31(3,4)16-27-32(22-13-24(35)23(34)14-25(22)36-30(32)41)28(19-8-6-9-20(33)12-19)29(37(27)5)26(40)11-7-10-21(39)17-38/h6,8-9,12-14,18,21,27-29,38-39H,7,10-11,15-17H2,1-5H3,(H,36,41)/t21-,27+,28-,29-,32-/m0/s1. The smallest absolute Gasteiger partial charge is 0.237 e. The molecule has 224 valence electrons. The molecule has 0 bridgehead atoms. The number of ketones is 1. The number of nitrogens with zero attached hydrogens (tertiary/aromatic N) is 1. The van der Waals surface area contributed by atoms with E-state index >= 15 is 4.39 Å². The van der Waals surface area contributed by atoms with E-state index in [0.29, 0.717) is 35.0 Å². The molecular formula is C32H41Cl2FN2O4. The fourth-order valence-electron chi connectivity index (χ4n) is 7.51. The molecule has 0 aromatic heterocycles. The van der Waals surface area contributed by atoms with Crippen molar-refractivity contribution in [2.24, 2.45) is 11.3 Å². The molecule has 6 nitrogen and oxygen atoms in total. The van der Waals surface area contributed by atoms with Crippen molar-refractivity contribution in [3.05, 3.63) is 63.4 Å². The van der Waals surface area contributed by atoms with Gasteiger partial charge in [0, 0.05) is 29.1 Å². The molecule has 2 aromatic carbocycles. The van der Waals surface area contributed by atoms with Crippen LogP contribution in [0.3, 0.4) is 0 Å². The highest BCUT2D eigenvalue weighted by atomic mass is 35.5. The summed E-state index contributed by atoms with van der Waals surface area (Å²) in [5.74, 6) is -1.25. The van der Waals surface area contributed by atoms with Crippen LogP contribution < -0.4 is 5.32 Å². The normalized spacial score (nSPS) is 25.1. The quantitative estimate of drug-likeness (QED) is 0.277. The number of benzene rings is 2. The van der Waals surface area contributed by atoms with E-state index in [1.807, 2.05) is 18.0 Å². The largest absolute Gasteiger partial charge is 0.394 e. The highest BCUT2D eigenvalue weighted by molar-refractivity contribution is 6.31. The summed E-state index contributed by atoms with van der Waals surface area (Å²) < 4.78 is 15.2. The molecule has 2 heterocycles. The van der Waals surface area contributed by atoms with Crippen LogP contribution in [0, 0.1) is 17.2 Å². The molecule has 0 radical (unpaired) electrons. The number of aliphatic hydroxyl groups excluding tert-OH is 2. The molecule has 1 fully saturated rings. The van der Waals surface area contributed by atoms with Crippen molar-refractivity contribution in [3.8, 4) is 0 Å². The maximum atomic E-state index is 15.2. The third kappa shape index (κ3) is 6.07. The highest BCUT2D eigenvalue weighted by Crippen LogP contribution is 2.60. The zero-order valence-corrected chi connectivity index (χ0v) is 25.9. The summed E-state index contributed by atoms with van der Waals surface area (Å²) in [6.45, 7) is 8.29. The van der Waals surface area contributed by atoms with Crippen LogP contribution in [0.2, 0.25) is 10.0 Å². The van der Waals surface area contributed by atoms with Gasteiger partial charge < -0.3 is 15.5 Å². The lowest BCUT2D eigenvalue weighted by Gasteiger charge is -2.40. The molecule has 9 heteroatoms. The van der Waals surface area contributed by atoms with Crippen LogP contribution in [0.5, 0.6) is 0 Å². The van der Waals surface area contributed by atoms with Gasteiger partial charge in [-0.05, 0) is 79.5 Å². The summed E-state index contributed by atoms with van der Waals surface area (Å²) in [7, 11) is 1.88. The van der Waals surface area contributed by atoms with Crippen molar-refractivity contribution in [1.82, 2.24) is 4.90 Å². The number of likely N-dealkylation sites (tertiary alicyclic amines) is 1. The third-order valence-corrected chi connectivity index (χ3v) is 9.33. The molecule has 2 aromatic rings. The van der Waals surface area contributed by atoms with Crippen LogP contribution >= 0.6 is 23.2 Å². The minimum atomic E-state index is -1.29. The molecule has 3 N–H and O–H groups in total. The molecule has 1 amide bonds. The van der Waals surface area contributed by atoms with E-state index in [0.717, 1.165) is 12.0 Å². The molecule has 1 saturated heterocycles. The van der Waals surface area contributed by atoms with Crippen LogP contribution in [0.1, 0.15) is 76.8 Å². The number of fused-ring (bicyclic) bond motifs is 2. The van der Waals surface area contributed by atoms with E-state index in [-0.39, 0.29) is 41.6 Å². The molecule has 1 spiro atoms. The molecule has 5 atom stereocenters. The first-order valence-corrected chi connectivity index (χ1v) is 15.1. The number of halogens is 3. The number of carbonyl (C=O) groups is 2. The van der Waals surface area contributed by atoms with Crippen molar-refractivity contribution in [2.75, 3.05) is 19.0 Å². The summed E-state index contributed by atoms with van der Waals surface area (Å²) in [5, 5.41) is 22.5. The highest BCUT2D eigenvalue weighted by Gasteiger charge is 2.68. The van der Waals surface area contributed by atoms with Gasteiger partial charge in [-0.25, -0.2) is 4.39 Å². The summed E-state index contributed by atoms with van der Waals surface area (Å²) in [4.78, 5) is 30.5. The Bertz CT molecular complexity index is 1300. The van der Waals surface area contributed by atoms with Gasteiger partial charge >= 0.3 is 0 Å². The molecule has 0 saturated carbocycles. The van der Waals surface area contributed by atoms with Gasteiger partial charge in [-0.2, -0.15) is 0 Å². The Hall–Kier alpha value is -2.03. The summed E-state index contributed by atoms with van der Waals surface area (Å²) >= 11 is 12.6. The van der Waals surface area contributed by atoms with Gasteiger partial charge in [0.25, 0.3) is 0 Å². The lowest BCUT2D eigenvalue weighted by atomic mass is 9.61. The zero-order chi connectivity index (χ0) is 30.3. The van der Waals surface area contributed by atoms with Crippen LogP contribution in [-0.2, 0) is 15.0 Å². The number of carbonyl (C=O) groups excluding carboxylic acids is 2. The number of hydrogen-bond donors (Lipinski definition) is 3. The maximum Gasteiger partial charge on any atom is 0.237 e. The Labute approximate surface area is 252 Å². The fraction of sp³-hybridized carbons (Fsp3) is 0.562. The van der Waals surface area contributed by atoms with Gasteiger partial charge in [-0.3, -0.25) is 14.5 Å². The number of hydrogen-bond acceptors (Lipinski definition) is 5. The number of nitrogens with one attached hydrogen (secondary N) is 1. The number of rotatable bonds is 11. The van der Waals surface area contributed by atoms with Crippen molar-refractivity contribution in [1.29, 1.82) is 0 Å². The zero-order valence-electron chi connectivity index (χ0n) is 24.4. The SMILES string of the molecule is CC(C)CC(C)(C)C[C@H]1N(C)[C@@H](C(=O)CCC[C@H](O)CO)[C@H](c2cccc(Cl)c2)[C@@]12C(=O)Nc1cc(Cl)c(F)cc12. The summed E-state index contributed by atoms with van der Waals surface area (Å²) in [5.41, 5.74) is 0.182.